The van der Waals surface area contributed by atoms with Gasteiger partial charge in [0.15, 0.2) is 6.10 Å². The topological polar surface area (TPSA) is 75.6 Å². The lowest BCUT2D eigenvalue weighted by Gasteiger charge is -2.16. The Kier molecular flexibility index (Phi) is 4.50. The van der Waals surface area contributed by atoms with Crippen molar-refractivity contribution in [3.63, 3.8) is 0 Å². The van der Waals surface area contributed by atoms with Crippen LogP contribution in [0.25, 0.3) is 0 Å². The monoisotopic (exact) mass is 291 g/mol. The van der Waals surface area contributed by atoms with Crippen LogP contribution in [0.15, 0.2) is 12.1 Å². The average Bonchev–Trinajstić information content (AvgIpc) is 2.81. The second-order valence-corrected chi connectivity index (χ2v) is 5.54. The number of hydrogen-bond donors (Lipinski definition) is 2. The number of rotatable bonds is 5. The molecule has 1 aliphatic rings. The van der Waals surface area contributed by atoms with Gasteiger partial charge in [0, 0.05) is 6.42 Å². The molecule has 0 bridgehead atoms. The molecule has 1 aromatic carbocycles. The number of ether oxygens (including phenoxy) is 1. The number of carboxylic acid groups (broad SMARTS) is 1. The van der Waals surface area contributed by atoms with Crippen LogP contribution < -0.4 is 10.1 Å². The van der Waals surface area contributed by atoms with Gasteiger partial charge in [-0.2, -0.15) is 0 Å². The van der Waals surface area contributed by atoms with E-state index in [1.807, 2.05) is 32.9 Å². The van der Waals surface area contributed by atoms with Crippen LogP contribution in [0, 0.1) is 13.8 Å². The molecule has 1 heterocycles. The van der Waals surface area contributed by atoms with E-state index in [1.165, 1.54) is 0 Å². The largest absolute Gasteiger partial charge is 0.480 e. The van der Waals surface area contributed by atoms with Crippen molar-refractivity contribution in [3.8, 4) is 5.75 Å². The lowest BCUT2D eigenvalue weighted by Crippen LogP contribution is -2.46. The summed E-state index contributed by atoms with van der Waals surface area (Å²) >= 11 is 0. The van der Waals surface area contributed by atoms with Gasteiger partial charge < -0.3 is 15.2 Å². The van der Waals surface area contributed by atoms with E-state index in [1.54, 1.807) is 0 Å². The SMILES string of the molecule is CCCC(NC(=O)C1Cc2cc(C)c(C)cc2O1)C(=O)O. The molecule has 2 atom stereocenters. The molecule has 2 unspecified atom stereocenters. The van der Waals surface area contributed by atoms with Gasteiger partial charge >= 0.3 is 5.97 Å². The van der Waals surface area contributed by atoms with Crippen LogP contribution in [-0.4, -0.2) is 29.1 Å². The number of aliphatic carboxylic acids is 1. The minimum Gasteiger partial charge on any atom is -0.480 e. The fourth-order valence-corrected chi connectivity index (χ4v) is 2.47. The molecule has 1 aliphatic heterocycles. The maximum absolute atomic E-state index is 12.2. The van der Waals surface area contributed by atoms with Crippen molar-refractivity contribution in [1.82, 2.24) is 5.32 Å². The van der Waals surface area contributed by atoms with Crippen molar-refractivity contribution in [3.05, 3.63) is 28.8 Å². The molecule has 0 saturated heterocycles. The van der Waals surface area contributed by atoms with E-state index in [0.717, 1.165) is 22.4 Å². The lowest BCUT2D eigenvalue weighted by molar-refractivity contribution is -0.143. The van der Waals surface area contributed by atoms with E-state index >= 15 is 0 Å². The van der Waals surface area contributed by atoms with E-state index in [0.29, 0.717) is 19.3 Å². The fourth-order valence-electron chi connectivity index (χ4n) is 2.47. The highest BCUT2D eigenvalue weighted by Crippen LogP contribution is 2.31. The predicted octanol–water partition coefficient (Wildman–Crippen LogP) is 1.98. The Morgan fingerprint density at radius 2 is 2.05 bits per heavy atom. The molecule has 0 saturated carbocycles. The summed E-state index contributed by atoms with van der Waals surface area (Å²) in [5.41, 5.74) is 3.28. The van der Waals surface area contributed by atoms with Crippen molar-refractivity contribution in [1.29, 1.82) is 0 Å². The first-order valence-corrected chi connectivity index (χ1v) is 7.22. The van der Waals surface area contributed by atoms with Crippen LogP contribution in [0.4, 0.5) is 0 Å². The molecule has 21 heavy (non-hydrogen) atoms. The molecule has 1 aromatic rings. The number of benzene rings is 1. The predicted molar refractivity (Wildman–Crippen MR) is 78.5 cm³/mol. The Morgan fingerprint density at radius 1 is 1.38 bits per heavy atom. The number of carbonyl (C=O) groups is 2. The zero-order valence-electron chi connectivity index (χ0n) is 12.6. The summed E-state index contributed by atoms with van der Waals surface area (Å²) in [5, 5.41) is 11.6. The summed E-state index contributed by atoms with van der Waals surface area (Å²) in [4.78, 5) is 23.3. The number of nitrogens with one attached hydrogen (secondary N) is 1. The second-order valence-electron chi connectivity index (χ2n) is 5.54. The fraction of sp³-hybridized carbons (Fsp3) is 0.500. The molecule has 0 fully saturated rings. The number of amides is 1. The molecule has 5 nitrogen and oxygen atoms in total. The maximum atomic E-state index is 12.2. The first-order chi connectivity index (χ1) is 9.92. The van der Waals surface area contributed by atoms with E-state index in [4.69, 9.17) is 9.84 Å². The van der Waals surface area contributed by atoms with E-state index in [9.17, 15) is 9.59 Å². The Labute approximate surface area is 124 Å². The molecule has 5 heteroatoms. The number of carboxylic acids is 1. The van der Waals surface area contributed by atoms with Gasteiger partial charge in [0.2, 0.25) is 0 Å². The third-order valence-electron chi connectivity index (χ3n) is 3.84. The summed E-state index contributed by atoms with van der Waals surface area (Å²) in [6.45, 7) is 5.90. The van der Waals surface area contributed by atoms with Gasteiger partial charge in [-0.1, -0.05) is 19.4 Å². The standard InChI is InChI=1S/C16H21NO4/c1-4-5-12(16(19)20)17-15(18)14-8-11-6-9(2)10(3)7-13(11)21-14/h6-7,12,14H,4-5,8H2,1-3H3,(H,17,18)(H,19,20). The van der Waals surface area contributed by atoms with E-state index in [2.05, 4.69) is 5.32 Å². The highest BCUT2D eigenvalue weighted by Gasteiger charge is 2.31. The highest BCUT2D eigenvalue weighted by atomic mass is 16.5. The molecule has 0 spiro atoms. The third-order valence-corrected chi connectivity index (χ3v) is 3.84. The lowest BCUT2D eigenvalue weighted by atomic mass is 10.0. The molecular weight excluding hydrogens is 270 g/mol. The molecule has 114 valence electrons. The molecule has 2 rings (SSSR count). The van der Waals surface area contributed by atoms with Gasteiger partial charge in [0.25, 0.3) is 5.91 Å². The first kappa shape index (κ1) is 15.4. The molecule has 0 aliphatic carbocycles. The summed E-state index contributed by atoms with van der Waals surface area (Å²) in [7, 11) is 0. The summed E-state index contributed by atoms with van der Waals surface area (Å²) in [6, 6.07) is 3.11. The van der Waals surface area contributed by atoms with Crippen LogP contribution in [0.3, 0.4) is 0 Å². The van der Waals surface area contributed by atoms with Crippen molar-refractivity contribution in [2.24, 2.45) is 0 Å². The summed E-state index contributed by atoms with van der Waals surface area (Å²) in [5.74, 6) is -0.643. The number of hydrogen-bond acceptors (Lipinski definition) is 3. The van der Waals surface area contributed by atoms with Gasteiger partial charge in [0.05, 0.1) is 0 Å². The minimum atomic E-state index is -1.01. The molecule has 0 aromatic heterocycles. The van der Waals surface area contributed by atoms with Gasteiger partial charge in [-0.05, 0) is 43.0 Å². The van der Waals surface area contributed by atoms with Crippen molar-refractivity contribution in [2.45, 2.75) is 52.2 Å². The molecule has 0 radical (unpaired) electrons. The van der Waals surface area contributed by atoms with E-state index in [-0.39, 0.29) is 5.91 Å². The van der Waals surface area contributed by atoms with Crippen molar-refractivity contribution >= 4 is 11.9 Å². The van der Waals surface area contributed by atoms with Gasteiger partial charge in [0.1, 0.15) is 11.8 Å². The summed E-state index contributed by atoms with van der Waals surface area (Å²) in [6.07, 6.45) is 0.959. The third kappa shape index (κ3) is 3.35. The van der Waals surface area contributed by atoms with Gasteiger partial charge in [-0.3, -0.25) is 4.79 Å². The average molecular weight is 291 g/mol. The van der Waals surface area contributed by atoms with Crippen LogP contribution in [0.1, 0.15) is 36.5 Å². The van der Waals surface area contributed by atoms with Gasteiger partial charge in [-0.25, -0.2) is 4.79 Å². The Hall–Kier alpha value is -2.04. The van der Waals surface area contributed by atoms with Crippen molar-refractivity contribution in [2.75, 3.05) is 0 Å². The van der Waals surface area contributed by atoms with Crippen molar-refractivity contribution < 1.29 is 19.4 Å². The minimum absolute atomic E-state index is 0.359. The Balaban J connectivity index is 2.04. The van der Waals surface area contributed by atoms with Crippen LogP contribution in [-0.2, 0) is 16.0 Å². The van der Waals surface area contributed by atoms with Gasteiger partial charge in [-0.15, -0.1) is 0 Å². The molecule has 1 amide bonds. The number of carbonyl (C=O) groups excluding carboxylic acids is 1. The van der Waals surface area contributed by atoms with Crippen LogP contribution in [0.5, 0.6) is 5.75 Å². The zero-order chi connectivity index (χ0) is 15.6. The van der Waals surface area contributed by atoms with Crippen LogP contribution in [0.2, 0.25) is 0 Å². The second kappa shape index (κ2) is 6.16. The smallest absolute Gasteiger partial charge is 0.326 e. The number of aryl methyl sites for hydroxylation is 2. The Bertz CT molecular complexity index is 537. The van der Waals surface area contributed by atoms with E-state index < -0.39 is 18.1 Å². The van der Waals surface area contributed by atoms with Crippen LogP contribution >= 0.6 is 0 Å². The molecular formula is C16H21NO4. The first-order valence-electron chi connectivity index (χ1n) is 7.22. The highest BCUT2D eigenvalue weighted by molar-refractivity contribution is 5.87. The zero-order valence-corrected chi connectivity index (χ0v) is 12.6. The summed E-state index contributed by atoms with van der Waals surface area (Å²) < 4.78 is 5.66. The molecule has 2 N–H and O–H groups in total. The maximum Gasteiger partial charge on any atom is 0.326 e. The normalized spacial score (nSPS) is 17.8. The quantitative estimate of drug-likeness (QED) is 0.869. The number of fused-ring (bicyclic) bond motifs is 1. The Morgan fingerprint density at radius 3 is 2.67 bits per heavy atom.